The van der Waals surface area contributed by atoms with Gasteiger partial charge in [0.15, 0.2) is 5.69 Å². The molecule has 0 fully saturated rings. The molecular formula is C11H15N5OS. The van der Waals surface area contributed by atoms with Crippen LogP contribution >= 0.6 is 11.3 Å². The highest BCUT2D eigenvalue weighted by Gasteiger charge is 2.16. The maximum absolute atomic E-state index is 11.9. The van der Waals surface area contributed by atoms with Gasteiger partial charge in [0.1, 0.15) is 0 Å². The number of anilines is 1. The van der Waals surface area contributed by atoms with Crippen molar-refractivity contribution < 1.29 is 4.79 Å². The van der Waals surface area contributed by atoms with E-state index in [0.29, 0.717) is 12.2 Å². The van der Waals surface area contributed by atoms with Crippen LogP contribution in [0.2, 0.25) is 0 Å². The van der Waals surface area contributed by atoms with Gasteiger partial charge in [-0.2, -0.15) is 5.10 Å². The van der Waals surface area contributed by atoms with Crippen LogP contribution in [0.25, 0.3) is 0 Å². The number of amides is 1. The van der Waals surface area contributed by atoms with E-state index in [1.807, 2.05) is 12.3 Å². The van der Waals surface area contributed by atoms with Crippen molar-refractivity contribution in [2.24, 2.45) is 0 Å². The number of H-pyrrole nitrogens is 1. The van der Waals surface area contributed by atoms with Gasteiger partial charge in [0, 0.05) is 5.38 Å². The van der Waals surface area contributed by atoms with E-state index < -0.39 is 0 Å². The van der Waals surface area contributed by atoms with Crippen molar-refractivity contribution in [2.45, 2.75) is 26.3 Å². The smallest absolute Gasteiger partial charge is 0.274 e. The van der Waals surface area contributed by atoms with E-state index in [-0.39, 0.29) is 11.6 Å². The SMILES string of the molecule is CCCc1[nH]nc(C(=O)NCc2cscn2)c1N. The van der Waals surface area contributed by atoms with Crippen LogP contribution in [0.15, 0.2) is 10.9 Å². The number of hydrogen-bond acceptors (Lipinski definition) is 5. The number of aromatic amines is 1. The summed E-state index contributed by atoms with van der Waals surface area (Å²) in [6, 6.07) is 0. The van der Waals surface area contributed by atoms with Crippen LogP contribution in [0.3, 0.4) is 0 Å². The lowest BCUT2D eigenvalue weighted by molar-refractivity contribution is 0.0946. The quantitative estimate of drug-likeness (QED) is 0.759. The zero-order valence-corrected chi connectivity index (χ0v) is 10.9. The highest BCUT2D eigenvalue weighted by molar-refractivity contribution is 7.07. The van der Waals surface area contributed by atoms with Crippen molar-refractivity contribution >= 4 is 22.9 Å². The second-order valence-corrected chi connectivity index (χ2v) is 4.60. The number of nitrogens with zero attached hydrogens (tertiary/aromatic N) is 2. The fraction of sp³-hybridized carbons (Fsp3) is 0.364. The van der Waals surface area contributed by atoms with Gasteiger partial charge in [-0.15, -0.1) is 11.3 Å². The summed E-state index contributed by atoms with van der Waals surface area (Å²) in [6.07, 6.45) is 1.74. The topological polar surface area (TPSA) is 96.7 Å². The van der Waals surface area contributed by atoms with Crippen molar-refractivity contribution in [2.75, 3.05) is 5.73 Å². The molecule has 4 N–H and O–H groups in total. The maximum atomic E-state index is 11.9. The minimum absolute atomic E-state index is 0.258. The molecule has 0 aromatic carbocycles. The Bertz CT molecular complexity index is 520. The molecule has 2 heterocycles. The van der Waals surface area contributed by atoms with Crippen molar-refractivity contribution in [3.05, 3.63) is 28.0 Å². The fourth-order valence-corrected chi connectivity index (χ4v) is 2.14. The molecule has 96 valence electrons. The van der Waals surface area contributed by atoms with Crippen LogP contribution in [0, 0.1) is 0 Å². The van der Waals surface area contributed by atoms with Crippen LogP contribution in [0.4, 0.5) is 5.69 Å². The molecule has 18 heavy (non-hydrogen) atoms. The highest BCUT2D eigenvalue weighted by atomic mass is 32.1. The number of aromatic nitrogens is 3. The van der Waals surface area contributed by atoms with Crippen molar-refractivity contribution in [3.63, 3.8) is 0 Å². The van der Waals surface area contributed by atoms with Gasteiger partial charge in [0.2, 0.25) is 0 Å². The highest BCUT2D eigenvalue weighted by Crippen LogP contribution is 2.15. The van der Waals surface area contributed by atoms with Gasteiger partial charge in [-0.25, -0.2) is 4.98 Å². The van der Waals surface area contributed by atoms with E-state index >= 15 is 0 Å². The standard InChI is InChI=1S/C11H15N5OS/c1-2-3-8-9(12)10(16-15-8)11(17)13-4-7-5-18-6-14-7/h5-6H,2-4,12H2,1H3,(H,13,17)(H,15,16). The molecule has 0 aliphatic rings. The van der Waals surface area contributed by atoms with E-state index in [0.717, 1.165) is 24.2 Å². The Morgan fingerprint density at radius 2 is 2.44 bits per heavy atom. The Morgan fingerprint density at radius 1 is 1.61 bits per heavy atom. The first-order chi connectivity index (χ1) is 8.72. The third-order valence-corrected chi connectivity index (χ3v) is 3.15. The summed E-state index contributed by atoms with van der Waals surface area (Å²) in [5.74, 6) is -0.279. The molecule has 1 amide bonds. The van der Waals surface area contributed by atoms with E-state index in [1.54, 1.807) is 5.51 Å². The minimum Gasteiger partial charge on any atom is -0.395 e. The van der Waals surface area contributed by atoms with E-state index in [1.165, 1.54) is 11.3 Å². The summed E-state index contributed by atoms with van der Waals surface area (Å²) in [4.78, 5) is 16.0. The molecule has 0 saturated heterocycles. The third kappa shape index (κ3) is 2.67. The summed E-state index contributed by atoms with van der Waals surface area (Å²) in [7, 11) is 0. The summed E-state index contributed by atoms with van der Waals surface area (Å²) in [5, 5.41) is 11.4. The minimum atomic E-state index is -0.279. The van der Waals surface area contributed by atoms with Gasteiger partial charge < -0.3 is 11.1 Å². The molecule has 0 saturated carbocycles. The number of carbonyl (C=O) groups is 1. The Kier molecular flexibility index (Phi) is 3.93. The normalized spacial score (nSPS) is 10.5. The summed E-state index contributed by atoms with van der Waals surface area (Å²) >= 11 is 1.49. The molecule has 0 bridgehead atoms. The molecule has 7 heteroatoms. The first kappa shape index (κ1) is 12.6. The zero-order chi connectivity index (χ0) is 13.0. The molecule has 2 aromatic heterocycles. The van der Waals surface area contributed by atoms with Crippen LogP contribution in [0.1, 0.15) is 35.2 Å². The molecular weight excluding hydrogens is 250 g/mol. The number of nitrogens with two attached hydrogens (primary N) is 1. The number of thiazole rings is 1. The van der Waals surface area contributed by atoms with Crippen molar-refractivity contribution in [1.82, 2.24) is 20.5 Å². The second-order valence-electron chi connectivity index (χ2n) is 3.88. The molecule has 0 unspecified atom stereocenters. The monoisotopic (exact) mass is 265 g/mol. The van der Waals surface area contributed by atoms with Crippen LogP contribution < -0.4 is 11.1 Å². The Morgan fingerprint density at radius 3 is 3.11 bits per heavy atom. The maximum Gasteiger partial charge on any atom is 0.274 e. The third-order valence-electron chi connectivity index (χ3n) is 2.51. The van der Waals surface area contributed by atoms with Crippen LogP contribution in [-0.2, 0) is 13.0 Å². The Balaban J connectivity index is 2.00. The van der Waals surface area contributed by atoms with E-state index in [4.69, 9.17) is 5.73 Å². The lowest BCUT2D eigenvalue weighted by Crippen LogP contribution is -2.24. The molecule has 2 aromatic rings. The Hall–Kier alpha value is -1.89. The molecule has 0 atom stereocenters. The number of nitrogens with one attached hydrogen (secondary N) is 2. The number of carbonyl (C=O) groups excluding carboxylic acids is 1. The van der Waals surface area contributed by atoms with Crippen LogP contribution in [-0.4, -0.2) is 21.1 Å². The molecule has 0 radical (unpaired) electrons. The molecule has 2 rings (SSSR count). The number of hydrogen-bond donors (Lipinski definition) is 3. The van der Waals surface area contributed by atoms with Gasteiger partial charge in [0.25, 0.3) is 5.91 Å². The van der Waals surface area contributed by atoms with Crippen LogP contribution in [0.5, 0.6) is 0 Å². The molecule has 6 nitrogen and oxygen atoms in total. The van der Waals surface area contributed by atoms with Gasteiger partial charge >= 0.3 is 0 Å². The van der Waals surface area contributed by atoms with E-state index in [2.05, 4.69) is 20.5 Å². The van der Waals surface area contributed by atoms with Gasteiger partial charge in [-0.3, -0.25) is 9.89 Å². The second kappa shape index (κ2) is 5.63. The first-order valence-corrected chi connectivity index (χ1v) is 6.64. The lowest BCUT2D eigenvalue weighted by atomic mass is 10.2. The number of nitrogen functional groups attached to an aromatic ring is 1. The van der Waals surface area contributed by atoms with Crippen molar-refractivity contribution in [1.29, 1.82) is 0 Å². The zero-order valence-electron chi connectivity index (χ0n) is 10.1. The lowest BCUT2D eigenvalue weighted by Gasteiger charge is -2.01. The number of rotatable bonds is 5. The first-order valence-electron chi connectivity index (χ1n) is 5.70. The number of aryl methyl sites for hydroxylation is 1. The molecule has 0 aliphatic heterocycles. The summed E-state index contributed by atoms with van der Waals surface area (Å²) < 4.78 is 0. The van der Waals surface area contributed by atoms with E-state index in [9.17, 15) is 4.79 Å². The summed E-state index contributed by atoms with van der Waals surface area (Å²) in [5.41, 5.74) is 9.94. The predicted molar refractivity (Wildman–Crippen MR) is 70.3 cm³/mol. The van der Waals surface area contributed by atoms with Crippen molar-refractivity contribution in [3.8, 4) is 0 Å². The van der Waals surface area contributed by atoms with Gasteiger partial charge in [-0.05, 0) is 6.42 Å². The van der Waals surface area contributed by atoms with Gasteiger partial charge in [-0.1, -0.05) is 13.3 Å². The molecule has 0 spiro atoms. The largest absolute Gasteiger partial charge is 0.395 e. The fourth-order valence-electron chi connectivity index (χ4n) is 1.58. The Labute approximate surface area is 109 Å². The summed E-state index contributed by atoms with van der Waals surface area (Å²) in [6.45, 7) is 2.43. The average molecular weight is 265 g/mol. The average Bonchev–Trinajstić information content (AvgIpc) is 2.98. The predicted octanol–water partition coefficient (Wildman–Crippen LogP) is 1.33. The molecule has 0 aliphatic carbocycles. The van der Waals surface area contributed by atoms with Gasteiger partial charge in [0.05, 0.1) is 29.1 Å².